The molecule has 3 nitrogen and oxygen atoms in total. The monoisotopic (exact) mass is 318 g/mol. The van der Waals surface area contributed by atoms with Crippen LogP contribution in [0.15, 0.2) is 41.0 Å². The molecule has 1 heterocycles. The first kappa shape index (κ1) is 12.8. The second kappa shape index (κ2) is 5.02. The maximum absolute atomic E-state index is 9.61. The van der Waals surface area contributed by atoms with Crippen molar-refractivity contribution in [2.75, 3.05) is 6.61 Å². The number of aliphatic hydroxyl groups excluding tert-OH is 1. The van der Waals surface area contributed by atoms with Gasteiger partial charge in [-0.2, -0.15) is 0 Å². The zero-order chi connectivity index (χ0) is 13.3. The average molecular weight is 319 g/mol. The molecule has 1 aromatic heterocycles. The topological polar surface area (TPSA) is 46.0 Å². The molecule has 1 saturated carbocycles. The summed E-state index contributed by atoms with van der Waals surface area (Å²) in [7, 11) is 0. The quantitative estimate of drug-likeness (QED) is 0.944. The Balaban J connectivity index is 2.00. The van der Waals surface area contributed by atoms with E-state index in [1.54, 1.807) is 6.20 Å². The second-order valence-corrected chi connectivity index (χ2v) is 5.98. The molecule has 0 spiro atoms. The zero-order valence-corrected chi connectivity index (χ0v) is 12.1. The molecule has 19 heavy (non-hydrogen) atoms. The molecule has 0 amide bonds. The Morgan fingerprint density at radius 1 is 1.26 bits per heavy atom. The summed E-state index contributed by atoms with van der Waals surface area (Å²) < 4.78 is 1.03. The van der Waals surface area contributed by atoms with Gasteiger partial charge in [-0.3, -0.25) is 0 Å². The van der Waals surface area contributed by atoms with Crippen LogP contribution in [-0.2, 0) is 5.41 Å². The normalized spacial score (nSPS) is 16.9. The van der Waals surface area contributed by atoms with Gasteiger partial charge in [0.1, 0.15) is 5.82 Å². The molecule has 0 unspecified atom stereocenters. The van der Waals surface area contributed by atoms with Crippen molar-refractivity contribution < 1.29 is 5.11 Å². The summed E-state index contributed by atoms with van der Waals surface area (Å²) in [5, 5.41) is 9.61. The van der Waals surface area contributed by atoms with Crippen LogP contribution in [-0.4, -0.2) is 21.7 Å². The molecule has 0 aliphatic heterocycles. The van der Waals surface area contributed by atoms with Gasteiger partial charge in [0, 0.05) is 16.2 Å². The number of aliphatic hydroxyl groups is 1. The van der Waals surface area contributed by atoms with Crippen LogP contribution in [0.25, 0.3) is 11.3 Å². The van der Waals surface area contributed by atoms with Crippen LogP contribution >= 0.6 is 15.9 Å². The van der Waals surface area contributed by atoms with Gasteiger partial charge in [0.05, 0.1) is 17.7 Å². The molecule has 0 atom stereocenters. The Kier molecular flexibility index (Phi) is 3.37. The van der Waals surface area contributed by atoms with Crippen molar-refractivity contribution >= 4 is 15.9 Å². The predicted molar refractivity (Wildman–Crippen MR) is 77.8 cm³/mol. The minimum absolute atomic E-state index is 0.134. The molecule has 3 rings (SSSR count). The van der Waals surface area contributed by atoms with Crippen molar-refractivity contribution in [1.29, 1.82) is 0 Å². The van der Waals surface area contributed by atoms with Crippen LogP contribution in [0.2, 0.25) is 0 Å². The van der Waals surface area contributed by atoms with E-state index in [1.807, 2.05) is 30.3 Å². The van der Waals surface area contributed by atoms with Gasteiger partial charge in [0.25, 0.3) is 0 Å². The lowest BCUT2D eigenvalue weighted by molar-refractivity contribution is 0.112. The largest absolute Gasteiger partial charge is 0.395 e. The van der Waals surface area contributed by atoms with Gasteiger partial charge in [-0.05, 0) is 31.0 Å². The molecule has 4 heteroatoms. The van der Waals surface area contributed by atoms with Gasteiger partial charge >= 0.3 is 0 Å². The number of aromatic nitrogens is 2. The van der Waals surface area contributed by atoms with Crippen molar-refractivity contribution in [3.05, 3.63) is 46.8 Å². The number of benzene rings is 1. The fourth-order valence-electron chi connectivity index (χ4n) is 2.48. The van der Waals surface area contributed by atoms with Crippen LogP contribution in [0.4, 0.5) is 0 Å². The molecule has 2 aromatic rings. The van der Waals surface area contributed by atoms with Crippen LogP contribution in [0, 0.1) is 0 Å². The minimum Gasteiger partial charge on any atom is -0.395 e. The molecule has 1 fully saturated rings. The third-order valence-corrected chi connectivity index (χ3v) is 4.36. The summed E-state index contributed by atoms with van der Waals surface area (Å²) in [5.41, 5.74) is 1.76. The lowest BCUT2D eigenvalue weighted by Crippen LogP contribution is -2.39. The van der Waals surface area contributed by atoms with Crippen LogP contribution in [0.1, 0.15) is 25.1 Å². The van der Waals surface area contributed by atoms with E-state index in [0.29, 0.717) is 0 Å². The van der Waals surface area contributed by atoms with Gasteiger partial charge in [0.15, 0.2) is 0 Å². The van der Waals surface area contributed by atoms with E-state index in [4.69, 9.17) is 0 Å². The number of nitrogens with zero attached hydrogens (tertiary/aromatic N) is 2. The third-order valence-electron chi connectivity index (χ3n) is 3.86. The number of hydrogen-bond acceptors (Lipinski definition) is 3. The predicted octanol–water partition coefficient (Wildman–Crippen LogP) is 3.32. The highest BCUT2D eigenvalue weighted by molar-refractivity contribution is 9.10. The first-order valence-corrected chi connectivity index (χ1v) is 7.23. The highest BCUT2D eigenvalue weighted by atomic mass is 79.9. The summed E-state index contributed by atoms with van der Waals surface area (Å²) >= 11 is 3.47. The Bertz CT molecular complexity index is 591. The fourth-order valence-corrected chi connectivity index (χ4v) is 2.88. The van der Waals surface area contributed by atoms with Gasteiger partial charge in [-0.25, -0.2) is 9.97 Å². The van der Waals surface area contributed by atoms with Gasteiger partial charge in [0.2, 0.25) is 0 Å². The van der Waals surface area contributed by atoms with Crippen LogP contribution in [0.3, 0.4) is 0 Å². The zero-order valence-electron chi connectivity index (χ0n) is 10.5. The average Bonchev–Trinajstić information content (AvgIpc) is 2.39. The molecule has 98 valence electrons. The Morgan fingerprint density at radius 2 is 2.11 bits per heavy atom. The van der Waals surface area contributed by atoms with Crippen LogP contribution in [0.5, 0.6) is 0 Å². The summed E-state index contributed by atoms with van der Waals surface area (Å²) in [5.74, 6) is 0.777. The third kappa shape index (κ3) is 2.30. The summed E-state index contributed by atoms with van der Waals surface area (Å²) in [6.07, 6.45) is 4.89. The molecule has 0 saturated heterocycles. The first-order valence-electron chi connectivity index (χ1n) is 6.44. The first-order chi connectivity index (χ1) is 9.23. The molecule has 1 aliphatic rings. The van der Waals surface area contributed by atoms with Gasteiger partial charge < -0.3 is 5.11 Å². The number of hydrogen-bond donors (Lipinski definition) is 1. The molecular formula is C15H15BrN2O. The Labute approximate surface area is 120 Å². The highest BCUT2D eigenvalue weighted by Gasteiger charge is 2.40. The van der Waals surface area contributed by atoms with E-state index < -0.39 is 0 Å². The van der Waals surface area contributed by atoms with Gasteiger partial charge in [-0.15, -0.1) is 0 Å². The Morgan fingerprint density at radius 3 is 2.74 bits per heavy atom. The van der Waals surface area contributed by atoms with Crippen molar-refractivity contribution in [2.45, 2.75) is 24.7 Å². The van der Waals surface area contributed by atoms with Crippen LogP contribution < -0.4 is 0 Å². The van der Waals surface area contributed by atoms with E-state index in [2.05, 4.69) is 25.9 Å². The van der Waals surface area contributed by atoms with E-state index in [1.165, 1.54) is 0 Å². The lowest BCUT2D eigenvalue weighted by Gasteiger charge is -2.38. The minimum atomic E-state index is -0.206. The maximum atomic E-state index is 9.61. The van der Waals surface area contributed by atoms with Crippen molar-refractivity contribution in [1.82, 2.24) is 9.97 Å². The van der Waals surface area contributed by atoms with E-state index >= 15 is 0 Å². The van der Waals surface area contributed by atoms with E-state index in [9.17, 15) is 5.11 Å². The molecule has 1 aliphatic carbocycles. The molecule has 1 N–H and O–H groups in total. The van der Waals surface area contributed by atoms with Crippen molar-refractivity contribution in [3.63, 3.8) is 0 Å². The van der Waals surface area contributed by atoms with Gasteiger partial charge in [-0.1, -0.05) is 34.5 Å². The summed E-state index contributed by atoms with van der Waals surface area (Å²) in [4.78, 5) is 9.03. The van der Waals surface area contributed by atoms with E-state index in [0.717, 1.165) is 40.8 Å². The number of halogens is 1. The fraction of sp³-hybridized carbons (Fsp3) is 0.333. The molecule has 0 bridgehead atoms. The smallest absolute Gasteiger partial charge is 0.137 e. The van der Waals surface area contributed by atoms with Crippen molar-refractivity contribution in [2.24, 2.45) is 0 Å². The number of rotatable bonds is 3. The highest BCUT2D eigenvalue weighted by Crippen LogP contribution is 2.41. The van der Waals surface area contributed by atoms with Crippen molar-refractivity contribution in [3.8, 4) is 11.3 Å². The molecule has 0 radical (unpaired) electrons. The molecular weight excluding hydrogens is 304 g/mol. The lowest BCUT2D eigenvalue weighted by atomic mass is 9.68. The standard InChI is InChI=1S/C15H15BrN2O/c16-12-4-1-3-11(9-12)13-5-8-17-14(18-13)15(10-19)6-2-7-15/h1,3-5,8-9,19H,2,6-7,10H2. The summed E-state index contributed by atoms with van der Waals surface area (Å²) in [6.45, 7) is 0.134. The maximum Gasteiger partial charge on any atom is 0.137 e. The second-order valence-electron chi connectivity index (χ2n) is 5.07. The summed E-state index contributed by atoms with van der Waals surface area (Å²) in [6, 6.07) is 9.97. The molecule has 1 aromatic carbocycles. The Hall–Kier alpha value is -1.26. The SMILES string of the molecule is OCC1(c2nccc(-c3cccc(Br)c3)n2)CCC1. The van der Waals surface area contributed by atoms with E-state index in [-0.39, 0.29) is 12.0 Å².